The normalized spacial score (nSPS) is 9.38. The van der Waals surface area contributed by atoms with Gasteiger partial charge >= 0.3 is 0 Å². The molecule has 0 unspecified atom stereocenters. The molecule has 0 amide bonds. The van der Waals surface area contributed by atoms with Gasteiger partial charge in [-0.1, -0.05) is 6.92 Å². The summed E-state index contributed by atoms with van der Waals surface area (Å²) < 4.78 is 10.2. The third-order valence-electron chi connectivity index (χ3n) is 1.25. The first kappa shape index (κ1) is 12.4. The molecule has 0 rings (SSSR count). The van der Waals surface area contributed by atoms with Crippen molar-refractivity contribution in [3.8, 4) is 11.8 Å². The largest absolute Gasteiger partial charge is 0.395 e. The molecule has 0 saturated carbocycles. The molecule has 0 aliphatic heterocycles. The molecule has 0 aromatic carbocycles. The quantitative estimate of drug-likeness (QED) is 0.368. The Labute approximate surface area is 80.0 Å². The molecule has 3 nitrogen and oxygen atoms in total. The van der Waals surface area contributed by atoms with Crippen molar-refractivity contribution in [2.24, 2.45) is 0 Å². The lowest BCUT2D eigenvalue weighted by molar-refractivity contribution is -0.0515. The topological polar surface area (TPSA) is 38.7 Å². The van der Waals surface area contributed by atoms with Crippen molar-refractivity contribution < 1.29 is 14.6 Å². The smallest absolute Gasteiger partial charge is 0.146 e. The molecule has 0 radical (unpaired) electrons. The Morgan fingerprint density at radius 1 is 1.08 bits per heavy atom. The van der Waals surface area contributed by atoms with Gasteiger partial charge in [-0.05, 0) is 6.42 Å². The van der Waals surface area contributed by atoms with Gasteiger partial charge in [-0.15, -0.1) is 11.8 Å². The highest BCUT2D eigenvalue weighted by Gasteiger charge is 1.85. The minimum absolute atomic E-state index is 0.132. The van der Waals surface area contributed by atoms with Crippen molar-refractivity contribution in [3.63, 3.8) is 0 Å². The van der Waals surface area contributed by atoms with Crippen molar-refractivity contribution in [1.82, 2.24) is 0 Å². The fourth-order valence-corrected chi connectivity index (χ4v) is 0.677. The highest BCUT2D eigenvalue weighted by Crippen LogP contribution is 1.84. The van der Waals surface area contributed by atoms with E-state index in [0.717, 1.165) is 13.0 Å². The second kappa shape index (κ2) is 11.4. The first-order valence-electron chi connectivity index (χ1n) is 4.64. The van der Waals surface area contributed by atoms with Crippen LogP contribution in [0.3, 0.4) is 0 Å². The van der Waals surface area contributed by atoms with Crippen LogP contribution in [0, 0.1) is 11.8 Å². The van der Waals surface area contributed by atoms with Crippen LogP contribution in [0.2, 0.25) is 0 Å². The monoisotopic (exact) mass is 186 g/mol. The van der Waals surface area contributed by atoms with Gasteiger partial charge in [-0.2, -0.15) is 0 Å². The minimum atomic E-state index is 0.132. The molecule has 0 spiro atoms. The molecule has 1 N–H and O–H groups in total. The Kier molecular flexibility index (Phi) is 10.9. The number of hydrogen-bond acceptors (Lipinski definition) is 3. The van der Waals surface area contributed by atoms with Gasteiger partial charge in [0.05, 0.1) is 13.2 Å². The second-order valence-corrected chi connectivity index (χ2v) is 2.51. The lowest BCUT2D eigenvalue weighted by atomic mass is 10.4. The van der Waals surface area contributed by atoms with Gasteiger partial charge in [0, 0.05) is 19.4 Å². The molecule has 0 fully saturated rings. The van der Waals surface area contributed by atoms with Gasteiger partial charge < -0.3 is 14.6 Å². The molecule has 76 valence electrons. The number of ether oxygens (including phenoxy) is 2. The number of rotatable bonds is 7. The Hall–Kier alpha value is -0.560. The predicted molar refractivity (Wildman–Crippen MR) is 51.2 cm³/mol. The van der Waals surface area contributed by atoms with Crippen LogP contribution < -0.4 is 0 Å². The van der Waals surface area contributed by atoms with Gasteiger partial charge in [0.15, 0.2) is 0 Å². The third-order valence-corrected chi connectivity index (χ3v) is 1.25. The van der Waals surface area contributed by atoms with E-state index in [0.29, 0.717) is 26.2 Å². The summed E-state index contributed by atoms with van der Waals surface area (Å²) >= 11 is 0. The summed E-state index contributed by atoms with van der Waals surface area (Å²) in [6.07, 6.45) is 2.27. The minimum Gasteiger partial charge on any atom is -0.395 e. The molecule has 0 aliphatic carbocycles. The van der Waals surface area contributed by atoms with Crippen LogP contribution in [-0.2, 0) is 9.47 Å². The van der Waals surface area contributed by atoms with Gasteiger partial charge in [-0.3, -0.25) is 0 Å². The maximum absolute atomic E-state index is 8.41. The van der Waals surface area contributed by atoms with E-state index in [9.17, 15) is 0 Å². The predicted octanol–water partition coefficient (Wildman–Crippen LogP) is 1.16. The van der Waals surface area contributed by atoms with E-state index in [1.54, 1.807) is 0 Å². The summed E-state index contributed by atoms with van der Waals surface area (Å²) in [6.45, 7) is 3.89. The number of hydrogen-bond donors (Lipinski definition) is 1. The average Bonchev–Trinajstić information content (AvgIpc) is 2.16. The Balaban J connectivity index is 2.96. The number of aliphatic hydroxyl groups is 1. The summed E-state index contributed by atoms with van der Waals surface area (Å²) in [5.41, 5.74) is 0. The average molecular weight is 186 g/mol. The zero-order valence-electron chi connectivity index (χ0n) is 8.21. The van der Waals surface area contributed by atoms with Crippen LogP contribution in [-0.4, -0.2) is 31.7 Å². The molecular weight excluding hydrogens is 168 g/mol. The zero-order chi connectivity index (χ0) is 9.78. The first-order chi connectivity index (χ1) is 6.41. The zero-order valence-corrected chi connectivity index (χ0v) is 8.21. The van der Waals surface area contributed by atoms with Crippen molar-refractivity contribution in [2.45, 2.75) is 26.2 Å². The summed E-state index contributed by atoms with van der Waals surface area (Å²) in [5, 5.41) is 8.41. The molecular formula is C10H18O3. The van der Waals surface area contributed by atoms with Gasteiger partial charge in [0.1, 0.15) is 6.79 Å². The molecule has 13 heavy (non-hydrogen) atoms. The van der Waals surface area contributed by atoms with Gasteiger partial charge in [0.25, 0.3) is 0 Å². The highest BCUT2D eigenvalue weighted by molar-refractivity contribution is 4.98. The lowest BCUT2D eigenvalue weighted by Crippen LogP contribution is -2.01. The van der Waals surface area contributed by atoms with Crippen LogP contribution in [0.1, 0.15) is 26.2 Å². The van der Waals surface area contributed by atoms with E-state index in [-0.39, 0.29) is 6.61 Å². The van der Waals surface area contributed by atoms with E-state index in [1.165, 1.54) is 0 Å². The molecule has 0 aliphatic rings. The van der Waals surface area contributed by atoms with E-state index < -0.39 is 0 Å². The summed E-state index contributed by atoms with van der Waals surface area (Å²) in [5.74, 6) is 5.70. The van der Waals surface area contributed by atoms with Crippen LogP contribution in [0.25, 0.3) is 0 Å². The SMILES string of the molecule is CCCOCOCCC#CCCO. The van der Waals surface area contributed by atoms with Crippen LogP contribution in [0.4, 0.5) is 0 Å². The molecule has 0 bridgehead atoms. The fourth-order valence-electron chi connectivity index (χ4n) is 0.677. The first-order valence-corrected chi connectivity index (χ1v) is 4.64. The van der Waals surface area contributed by atoms with E-state index in [4.69, 9.17) is 14.6 Å². The maximum atomic E-state index is 8.41. The molecule has 0 saturated heterocycles. The highest BCUT2D eigenvalue weighted by atomic mass is 16.7. The lowest BCUT2D eigenvalue weighted by Gasteiger charge is -2.01. The molecule has 0 heterocycles. The van der Waals surface area contributed by atoms with Crippen LogP contribution >= 0.6 is 0 Å². The second-order valence-electron chi connectivity index (χ2n) is 2.51. The van der Waals surface area contributed by atoms with Gasteiger partial charge in [-0.25, -0.2) is 0 Å². The van der Waals surface area contributed by atoms with Crippen LogP contribution in [0.15, 0.2) is 0 Å². The molecule has 0 aromatic heterocycles. The Morgan fingerprint density at radius 3 is 2.46 bits per heavy atom. The third kappa shape index (κ3) is 11.4. The van der Waals surface area contributed by atoms with Crippen molar-refractivity contribution >= 4 is 0 Å². The molecule has 0 aromatic rings. The molecule has 3 heteroatoms. The van der Waals surface area contributed by atoms with Gasteiger partial charge in [0.2, 0.25) is 0 Å². The number of aliphatic hydroxyl groups excluding tert-OH is 1. The van der Waals surface area contributed by atoms with Crippen molar-refractivity contribution in [2.75, 3.05) is 26.6 Å². The van der Waals surface area contributed by atoms with E-state index in [2.05, 4.69) is 18.8 Å². The summed E-state index contributed by atoms with van der Waals surface area (Å²) in [7, 11) is 0. The summed E-state index contributed by atoms with van der Waals surface area (Å²) in [4.78, 5) is 0. The van der Waals surface area contributed by atoms with Crippen LogP contribution in [0.5, 0.6) is 0 Å². The Morgan fingerprint density at radius 2 is 1.77 bits per heavy atom. The standard InChI is InChI=1S/C10H18O3/c1-2-8-12-10-13-9-6-4-3-5-7-11/h11H,2,5-10H2,1H3. The summed E-state index contributed by atoms with van der Waals surface area (Å²) in [6, 6.07) is 0. The van der Waals surface area contributed by atoms with E-state index >= 15 is 0 Å². The van der Waals surface area contributed by atoms with E-state index in [1.807, 2.05) is 0 Å². The van der Waals surface area contributed by atoms with Crippen molar-refractivity contribution in [3.05, 3.63) is 0 Å². The fraction of sp³-hybridized carbons (Fsp3) is 0.800. The Bertz CT molecular complexity index is 146. The maximum Gasteiger partial charge on any atom is 0.146 e. The van der Waals surface area contributed by atoms with Crippen molar-refractivity contribution in [1.29, 1.82) is 0 Å². The molecule has 0 atom stereocenters.